The number of hydrogen-bond acceptors (Lipinski definition) is 5. The molecule has 108 valence electrons. The molecule has 0 atom stereocenters. The third kappa shape index (κ3) is 5.50. The number of nitrogen functional groups attached to an aromatic ring is 1. The fourth-order valence-electron chi connectivity index (χ4n) is 1.50. The van der Waals surface area contributed by atoms with Gasteiger partial charge < -0.3 is 11.2 Å². The molecule has 19 heavy (non-hydrogen) atoms. The van der Waals surface area contributed by atoms with Gasteiger partial charge in [-0.2, -0.15) is 0 Å². The highest BCUT2D eigenvalue weighted by Crippen LogP contribution is 2.14. The van der Waals surface area contributed by atoms with E-state index in [0.717, 1.165) is 44.5 Å². The van der Waals surface area contributed by atoms with Gasteiger partial charge in [0.2, 0.25) is 11.1 Å². The SMILES string of the molecule is CCCCNC(=O)CSc1nnc(CCCC)n1N. The molecule has 0 saturated carbocycles. The summed E-state index contributed by atoms with van der Waals surface area (Å²) in [6.07, 6.45) is 5.03. The van der Waals surface area contributed by atoms with Crippen LogP contribution in [0.25, 0.3) is 0 Å². The van der Waals surface area contributed by atoms with E-state index < -0.39 is 0 Å². The summed E-state index contributed by atoms with van der Waals surface area (Å²) in [5.74, 6) is 7.00. The fraction of sp³-hybridized carbons (Fsp3) is 0.750. The standard InChI is InChI=1S/C12H23N5OS/c1-3-5-7-10-15-16-12(17(10)13)19-9-11(18)14-8-6-4-2/h3-9,13H2,1-2H3,(H,14,18). The minimum Gasteiger partial charge on any atom is -0.355 e. The van der Waals surface area contributed by atoms with E-state index in [1.807, 2.05) is 0 Å². The lowest BCUT2D eigenvalue weighted by atomic mass is 10.2. The Kier molecular flexibility index (Phi) is 7.32. The van der Waals surface area contributed by atoms with Crippen molar-refractivity contribution < 1.29 is 4.79 Å². The van der Waals surface area contributed by atoms with Crippen molar-refractivity contribution in [3.8, 4) is 0 Å². The third-order valence-corrected chi connectivity index (χ3v) is 3.62. The van der Waals surface area contributed by atoms with Crippen molar-refractivity contribution in [3.63, 3.8) is 0 Å². The van der Waals surface area contributed by atoms with Gasteiger partial charge in [0.25, 0.3) is 0 Å². The second-order valence-electron chi connectivity index (χ2n) is 4.36. The van der Waals surface area contributed by atoms with E-state index in [1.54, 1.807) is 0 Å². The molecule has 0 aliphatic rings. The largest absolute Gasteiger partial charge is 0.355 e. The maximum atomic E-state index is 11.6. The highest BCUT2D eigenvalue weighted by molar-refractivity contribution is 7.99. The van der Waals surface area contributed by atoms with Crippen LogP contribution >= 0.6 is 11.8 Å². The van der Waals surface area contributed by atoms with E-state index in [9.17, 15) is 4.79 Å². The van der Waals surface area contributed by atoms with E-state index in [1.165, 1.54) is 16.4 Å². The molecule has 1 amide bonds. The van der Waals surface area contributed by atoms with Gasteiger partial charge in [0.05, 0.1) is 5.75 Å². The number of amides is 1. The van der Waals surface area contributed by atoms with Crippen molar-refractivity contribution in [2.24, 2.45) is 0 Å². The fourth-order valence-corrected chi connectivity index (χ4v) is 2.20. The number of carbonyl (C=O) groups is 1. The van der Waals surface area contributed by atoms with Gasteiger partial charge in [-0.25, -0.2) is 4.68 Å². The number of nitrogens with one attached hydrogen (secondary N) is 1. The molecular weight excluding hydrogens is 262 g/mol. The van der Waals surface area contributed by atoms with Gasteiger partial charge >= 0.3 is 0 Å². The highest BCUT2D eigenvalue weighted by Gasteiger charge is 2.11. The second kappa shape index (κ2) is 8.79. The quantitative estimate of drug-likeness (QED) is 0.406. The lowest BCUT2D eigenvalue weighted by Gasteiger charge is -2.04. The summed E-state index contributed by atoms with van der Waals surface area (Å²) in [5, 5.41) is 11.5. The van der Waals surface area contributed by atoms with Gasteiger partial charge in [0.1, 0.15) is 0 Å². The number of hydrogen-bond donors (Lipinski definition) is 2. The van der Waals surface area contributed by atoms with Crippen molar-refractivity contribution in [2.45, 2.75) is 51.1 Å². The van der Waals surface area contributed by atoms with E-state index in [0.29, 0.717) is 10.9 Å². The summed E-state index contributed by atoms with van der Waals surface area (Å²) in [5.41, 5.74) is 0. The van der Waals surface area contributed by atoms with Crippen LogP contribution in [0.5, 0.6) is 0 Å². The van der Waals surface area contributed by atoms with Crippen LogP contribution in [0.15, 0.2) is 5.16 Å². The molecule has 0 fully saturated rings. The molecular formula is C12H23N5OS. The predicted molar refractivity (Wildman–Crippen MR) is 77.4 cm³/mol. The number of nitrogens with zero attached hydrogens (tertiary/aromatic N) is 3. The molecule has 6 nitrogen and oxygen atoms in total. The Morgan fingerprint density at radius 3 is 2.74 bits per heavy atom. The molecule has 0 unspecified atom stereocenters. The number of rotatable bonds is 9. The molecule has 0 saturated heterocycles. The first-order chi connectivity index (χ1) is 9.19. The van der Waals surface area contributed by atoms with Crippen LogP contribution in [0.3, 0.4) is 0 Å². The number of nitrogens with two attached hydrogens (primary N) is 1. The molecule has 0 spiro atoms. The Labute approximate surface area is 118 Å². The Morgan fingerprint density at radius 2 is 2.05 bits per heavy atom. The minimum absolute atomic E-state index is 0.0107. The van der Waals surface area contributed by atoms with Crippen LogP contribution in [-0.2, 0) is 11.2 Å². The lowest BCUT2D eigenvalue weighted by molar-refractivity contribution is -0.118. The molecule has 7 heteroatoms. The van der Waals surface area contributed by atoms with Gasteiger partial charge in [0.15, 0.2) is 5.82 Å². The van der Waals surface area contributed by atoms with Crippen molar-refractivity contribution in [1.82, 2.24) is 20.2 Å². The number of thioether (sulfide) groups is 1. The van der Waals surface area contributed by atoms with E-state index >= 15 is 0 Å². The van der Waals surface area contributed by atoms with Crippen molar-refractivity contribution >= 4 is 17.7 Å². The number of aromatic nitrogens is 3. The molecule has 1 aromatic heterocycles. The number of carbonyl (C=O) groups excluding carboxylic acids is 1. The zero-order valence-corrected chi connectivity index (χ0v) is 12.5. The van der Waals surface area contributed by atoms with Crippen molar-refractivity contribution in [2.75, 3.05) is 18.1 Å². The summed E-state index contributed by atoms with van der Waals surface area (Å²) >= 11 is 1.32. The first-order valence-corrected chi connectivity index (χ1v) is 7.76. The Hall–Kier alpha value is -1.24. The number of aryl methyl sites for hydroxylation is 1. The summed E-state index contributed by atoms with van der Waals surface area (Å²) < 4.78 is 1.49. The van der Waals surface area contributed by atoms with Crippen LogP contribution in [0, 0.1) is 0 Å². The molecule has 0 aliphatic carbocycles. The molecule has 0 aliphatic heterocycles. The van der Waals surface area contributed by atoms with E-state index in [2.05, 4.69) is 29.4 Å². The van der Waals surface area contributed by atoms with Crippen LogP contribution < -0.4 is 11.2 Å². The van der Waals surface area contributed by atoms with E-state index in [4.69, 9.17) is 5.84 Å². The summed E-state index contributed by atoms with van der Waals surface area (Å²) in [4.78, 5) is 11.6. The maximum Gasteiger partial charge on any atom is 0.230 e. The molecule has 3 N–H and O–H groups in total. The van der Waals surface area contributed by atoms with Crippen LogP contribution in [-0.4, -0.2) is 33.1 Å². The van der Waals surface area contributed by atoms with Crippen LogP contribution in [0.2, 0.25) is 0 Å². The van der Waals surface area contributed by atoms with Crippen molar-refractivity contribution in [3.05, 3.63) is 5.82 Å². The van der Waals surface area contributed by atoms with E-state index in [-0.39, 0.29) is 5.91 Å². The third-order valence-electron chi connectivity index (χ3n) is 2.67. The molecule has 1 aromatic rings. The van der Waals surface area contributed by atoms with Gasteiger partial charge in [-0.3, -0.25) is 4.79 Å². The Balaban J connectivity index is 2.36. The zero-order valence-electron chi connectivity index (χ0n) is 11.7. The Morgan fingerprint density at radius 1 is 1.32 bits per heavy atom. The molecule has 0 bridgehead atoms. The van der Waals surface area contributed by atoms with Gasteiger partial charge in [-0.05, 0) is 12.8 Å². The summed E-state index contributed by atoms with van der Waals surface area (Å²) in [7, 11) is 0. The molecule has 0 aromatic carbocycles. The van der Waals surface area contributed by atoms with Gasteiger partial charge in [-0.15, -0.1) is 10.2 Å². The Bertz CT molecular complexity index is 393. The highest BCUT2D eigenvalue weighted by atomic mass is 32.2. The van der Waals surface area contributed by atoms with Gasteiger partial charge in [-0.1, -0.05) is 38.5 Å². The molecule has 1 heterocycles. The monoisotopic (exact) mass is 285 g/mol. The smallest absolute Gasteiger partial charge is 0.230 e. The topological polar surface area (TPSA) is 85.8 Å². The summed E-state index contributed by atoms with van der Waals surface area (Å²) in [6.45, 7) is 4.94. The van der Waals surface area contributed by atoms with Crippen LogP contribution in [0.1, 0.15) is 45.4 Å². The van der Waals surface area contributed by atoms with Gasteiger partial charge in [0, 0.05) is 13.0 Å². The first-order valence-electron chi connectivity index (χ1n) is 6.77. The second-order valence-corrected chi connectivity index (χ2v) is 5.31. The normalized spacial score (nSPS) is 10.6. The number of unbranched alkanes of at least 4 members (excludes halogenated alkanes) is 2. The molecule has 1 rings (SSSR count). The average molecular weight is 285 g/mol. The maximum absolute atomic E-state index is 11.6. The van der Waals surface area contributed by atoms with Crippen molar-refractivity contribution in [1.29, 1.82) is 0 Å². The first kappa shape index (κ1) is 15.8. The minimum atomic E-state index is 0.0107. The average Bonchev–Trinajstić information content (AvgIpc) is 2.75. The summed E-state index contributed by atoms with van der Waals surface area (Å²) in [6, 6.07) is 0. The molecule has 0 radical (unpaired) electrons. The zero-order chi connectivity index (χ0) is 14.1. The predicted octanol–water partition coefficient (Wildman–Crippen LogP) is 1.34. The lowest BCUT2D eigenvalue weighted by Crippen LogP contribution is -2.26. The van der Waals surface area contributed by atoms with Crippen LogP contribution in [0.4, 0.5) is 0 Å².